The Balaban J connectivity index is 0.000000399. The van der Waals surface area contributed by atoms with Crippen LogP contribution >= 0.6 is 0 Å². The van der Waals surface area contributed by atoms with Gasteiger partial charge in [0, 0.05) is 12.6 Å². The molecule has 0 fully saturated rings. The summed E-state index contributed by atoms with van der Waals surface area (Å²) in [6.07, 6.45) is 4.21. The van der Waals surface area contributed by atoms with Gasteiger partial charge in [-0.25, -0.2) is 0 Å². The Hall–Kier alpha value is -1.61. The Bertz CT molecular complexity index is 371. The lowest BCUT2D eigenvalue weighted by Crippen LogP contribution is -2.14. The molecule has 1 aromatic rings. The highest BCUT2D eigenvalue weighted by molar-refractivity contribution is 5.91. The van der Waals surface area contributed by atoms with Crippen molar-refractivity contribution in [2.75, 3.05) is 18.4 Å². The van der Waals surface area contributed by atoms with Crippen LogP contribution < -0.4 is 10.6 Å². The van der Waals surface area contributed by atoms with Crippen molar-refractivity contribution in [3.63, 3.8) is 0 Å². The van der Waals surface area contributed by atoms with Crippen molar-refractivity contribution in [3.05, 3.63) is 36.4 Å². The number of para-hydroxylation sites is 1. The number of rotatable bonds is 6. The number of amides is 1. The fraction of sp³-hybridized carbons (Fsp3) is 0.438. The fourth-order valence-electron chi connectivity index (χ4n) is 1.46. The minimum atomic E-state index is -0.0655. The summed E-state index contributed by atoms with van der Waals surface area (Å²) in [7, 11) is 0. The van der Waals surface area contributed by atoms with Crippen LogP contribution in [0.4, 0.5) is 5.69 Å². The number of carbonyl (C=O) groups excluding carboxylic acids is 1. The van der Waals surface area contributed by atoms with Gasteiger partial charge in [-0.05, 0) is 37.6 Å². The molecule has 0 aromatic heterocycles. The molecule has 0 unspecified atom stereocenters. The molecule has 19 heavy (non-hydrogen) atoms. The van der Waals surface area contributed by atoms with Crippen molar-refractivity contribution in [1.29, 1.82) is 0 Å². The zero-order valence-corrected chi connectivity index (χ0v) is 12.3. The molecule has 0 aliphatic carbocycles. The van der Waals surface area contributed by atoms with Crippen LogP contribution in [0.25, 0.3) is 6.08 Å². The van der Waals surface area contributed by atoms with Gasteiger partial charge in [-0.3, -0.25) is 4.79 Å². The fourth-order valence-corrected chi connectivity index (χ4v) is 1.46. The Labute approximate surface area is 117 Å². The van der Waals surface area contributed by atoms with E-state index in [9.17, 15) is 4.79 Å². The maximum Gasteiger partial charge on any atom is 0.221 e. The first-order chi connectivity index (χ1) is 9.15. The van der Waals surface area contributed by atoms with E-state index in [0.717, 1.165) is 11.3 Å². The number of benzene rings is 1. The molecule has 1 amide bonds. The Morgan fingerprint density at radius 3 is 2.26 bits per heavy atom. The summed E-state index contributed by atoms with van der Waals surface area (Å²) in [5.41, 5.74) is 1.74. The predicted molar refractivity (Wildman–Crippen MR) is 84.3 cm³/mol. The monoisotopic (exact) mass is 262 g/mol. The molecule has 1 aromatic carbocycles. The minimum absolute atomic E-state index is 0.0655. The van der Waals surface area contributed by atoms with Gasteiger partial charge in [-0.2, -0.15) is 0 Å². The average Bonchev–Trinajstić information content (AvgIpc) is 2.40. The number of nitrogens with one attached hydrogen (secondary N) is 2. The molecule has 0 aliphatic heterocycles. The Kier molecular flexibility index (Phi) is 10.5. The van der Waals surface area contributed by atoms with Crippen LogP contribution in [0.2, 0.25) is 0 Å². The van der Waals surface area contributed by atoms with Crippen molar-refractivity contribution in [3.8, 4) is 0 Å². The molecule has 1 rings (SSSR count). The molecule has 0 radical (unpaired) electrons. The molecule has 2 N–H and O–H groups in total. The first-order valence-electron chi connectivity index (χ1n) is 6.85. The van der Waals surface area contributed by atoms with Gasteiger partial charge in [0.2, 0.25) is 5.91 Å². The standard InChI is InChI=1S/C10H11NO.C6H15N/c1-3-9-6-4-5-7-10(9)11-8(2)12;1-3-5-7-6-4-2/h3-7H,1H2,2H3,(H,11,12);7H,3-6H2,1-2H3. The van der Waals surface area contributed by atoms with Gasteiger partial charge in [0.05, 0.1) is 0 Å². The molecular formula is C16H26N2O. The summed E-state index contributed by atoms with van der Waals surface area (Å²) in [6.45, 7) is 11.8. The van der Waals surface area contributed by atoms with Crippen LogP contribution in [0.5, 0.6) is 0 Å². The van der Waals surface area contributed by atoms with Crippen LogP contribution in [0.3, 0.4) is 0 Å². The molecule has 0 atom stereocenters. The number of carbonyl (C=O) groups is 1. The molecule has 3 heteroatoms. The highest BCUT2D eigenvalue weighted by Crippen LogP contribution is 2.15. The van der Waals surface area contributed by atoms with Crippen molar-refractivity contribution < 1.29 is 4.79 Å². The van der Waals surface area contributed by atoms with E-state index in [1.807, 2.05) is 24.3 Å². The van der Waals surface area contributed by atoms with E-state index >= 15 is 0 Å². The summed E-state index contributed by atoms with van der Waals surface area (Å²) in [5.74, 6) is -0.0655. The molecule has 0 saturated carbocycles. The quantitative estimate of drug-likeness (QED) is 0.768. The minimum Gasteiger partial charge on any atom is -0.326 e. The normalized spacial score (nSPS) is 9.21. The number of anilines is 1. The van der Waals surface area contributed by atoms with Crippen molar-refractivity contribution in [2.24, 2.45) is 0 Å². The molecule has 0 aliphatic rings. The largest absolute Gasteiger partial charge is 0.326 e. The summed E-state index contributed by atoms with van der Waals surface area (Å²) in [5, 5.41) is 6.00. The van der Waals surface area contributed by atoms with Crippen molar-refractivity contribution in [2.45, 2.75) is 33.6 Å². The van der Waals surface area contributed by atoms with Crippen LogP contribution in [0.1, 0.15) is 39.2 Å². The molecule has 3 nitrogen and oxygen atoms in total. The lowest BCUT2D eigenvalue weighted by atomic mass is 10.2. The zero-order chi connectivity index (χ0) is 14.5. The maximum atomic E-state index is 10.7. The summed E-state index contributed by atoms with van der Waals surface area (Å²) < 4.78 is 0. The predicted octanol–water partition coefficient (Wildman–Crippen LogP) is 3.68. The lowest BCUT2D eigenvalue weighted by Gasteiger charge is -2.04. The van der Waals surface area contributed by atoms with Gasteiger partial charge in [-0.15, -0.1) is 0 Å². The second kappa shape index (κ2) is 11.5. The van der Waals surface area contributed by atoms with Crippen LogP contribution in [0, 0.1) is 0 Å². The van der Waals surface area contributed by atoms with Gasteiger partial charge in [0.25, 0.3) is 0 Å². The maximum absolute atomic E-state index is 10.7. The highest BCUT2D eigenvalue weighted by atomic mass is 16.1. The molecular weight excluding hydrogens is 236 g/mol. The molecule has 0 saturated heterocycles. The lowest BCUT2D eigenvalue weighted by molar-refractivity contribution is -0.114. The van der Waals surface area contributed by atoms with Gasteiger partial charge in [0.1, 0.15) is 0 Å². The highest BCUT2D eigenvalue weighted by Gasteiger charge is 1.97. The summed E-state index contributed by atoms with van der Waals surface area (Å²) in [4.78, 5) is 10.7. The van der Waals surface area contributed by atoms with Gasteiger partial charge in [-0.1, -0.05) is 44.7 Å². The van der Waals surface area contributed by atoms with Crippen LogP contribution in [-0.2, 0) is 4.79 Å². The molecule has 0 bridgehead atoms. The van der Waals surface area contributed by atoms with E-state index in [1.165, 1.54) is 32.9 Å². The third kappa shape index (κ3) is 9.03. The SMILES string of the molecule is C=Cc1ccccc1NC(C)=O.CCCNCCC. The van der Waals surface area contributed by atoms with Gasteiger partial charge >= 0.3 is 0 Å². The molecule has 0 heterocycles. The number of hydrogen-bond acceptors (Lipinski definition) is 2. The third-order valence-corrected chi connectivity index (χ3v) is 2.34. The number of hydrogen-bond donors (Lipinski definition) is 2. The summed E-state index contributed by atoms with van der Waals surface area (Å²) in [6, 6.07) is 7.53. The molecule has 0 spiro atoms. The van der Waals surface area contributed by atoms with Gasteiger partial charge < -0.3 is 10.6 Å². The topological polar surface area (TPSA) is 41.1 Å². The van der Waals surface area contributed by atoms with Gasteiger partial charge in [0.15, 0.2) is 0 Å². The Morgan fingerprint density at radius 1 is 1.21 bits per heavy atom. The van der Waals surface area contributed by atoms with E-state index in [0.29, 0.717) is 0 Å². The van der Waals surface area contributed by atoms with Crippen LogP contribution in [-0.4, -0.2) is 19.0 Å². The first-order valence-corrected chi connectivity index (χ1v) is 6.85. The van der Waals surface area contributed by atoms with E-state index in [2.05, 4.69) is 31.1 Å². The third-order valence-electron chi connectivity index (χ3n) is 2.34. The van der Waals surface area contributed by atoms with Crippen molar-refractivity contribution in [1.82, 2.24) is 5.32 Å². The van der Waals surface area contributed by atoms with E-state index in [4.69, 9.17) is 0 Å². The van der Waals surface area contributed by atoms with E-state index < -0.39 is 0 Å². The smallest absolute Gasteiger partial charge is 0.221 e. The second-order valence-electron chi connectivity index (χ2n) is 4.22. The molecule has 106 valence electrons. The van der Waals surface area contributed by atoms with Crippen LogP contribution in [0.15, 0.2) is 30.8 Å². The van der Waals surface area contributed by atoms with E-state index in [1.54, 1.807) is 6.08 Å². The van der Waals surface area contributed by atoms with Crippen molar-refractivity contribution >= 4 is 17.7 Å². The average molecular weight is 262 g/mol. The van der Waals surface area contributed by atoms with E-state index in [-0.39, 0.29) is 5.91 Å². The summed E-state index contributed by atoms with van der Waals surface area (Å²) >= 11 is 0. The Morgan fingerprint density at radius 2 is 1.79 bits per heavy atom. The zero-order valence-electron chi connectivity index (χ0n) is 12.3. The second-order valence-corrected chi connectivity index (χ2v) is 4.22. The first kappa shape index (κ1) is 17.4.